The fourth-order valence-corrected chi connectivity index (χ4v) is 1.42. The molecule has 1 N–H and O–H groups in total. The van der Waals surface area contributed by atoms with E-state index in [1.165, 1.54) is 12.8 Å². The zero-order chi connectivity index (χ0) is 12.2. The van der Waals surface area contributed by atoms with Crippen molar-refractivity contribution >= 4 is 0 Å². The van der Waals surface area contributed by atoms with Crippen molar-refractivity contribution in [1.82, 2.24) is 5.32 Å². The highest BCUT2D eigenvalue weighted by Crippen LogP contribution is 2.01. The van der Waals surface area contributed by atoms with Crippen molar-refractivity contribution < 1.29 is 9.47 Å². The van der Waals surface area contributed by atoms with Gasteiger partial charge in [0.15, 0.2) is 0 Å². The lowest BCUT2D eigenvalue weighted by molar-refractivity contribution is -0.00186. The molecule has 1 atom stereocenters. The summed E-state index contributed by atoms with van der Waals surface area (Å²) in [7, 11) is 0. The van der Waals surface area contributed by atoms with Gasteiger partial charge in [-0.3, -0.25) is 0 Å². The molecule has 0 rings (SSSR count). The summed E-state index contributed by atoms with van der Waals surface area (Å²) in [5, 5.41) is 3.39. The van der Waals surface area contributed by atoms with Gasteiger partial charge in [0.2, 0.25) is 0 Å². The molecule has 1 unspecified atom stereocenters. The summed E-state index contributed by atoms with van der Waals surface area (Å²) >= 11 is 0. The Kier molecular flexibility index (Phi) is 11.3. The highest BCUT2D eigenvalue weighted by atomic mass is 16.5. The van der Waals surface area contributed by atoms with E-state index in [1.54, 1.807) is 0 Å². The first kappa shape index (κ1) is 15.9. The first-order valence-electron chi connectivity index (χ1n) is 6.56. The molecule has 0 heterocycles. The summed E-state index contributed by atoms with van der Waals surface area (Å²) in [5.41, 5.74) is 0. The summed E-state index contributed by atoms with van der Waals surface area (Å²) in [6.45, 7) is 12.9. The Morgan fingerprint density at radius 1 is 1.12 bits per heavy atom. The maximum atomic E-state index is 5.58. The van der Waals surface area contributed by atoms with Gasteiger partial charge in [-0.25, -0.2) is 0 Å². The van der Waals surface area contributed by atoms with E-state index in [9.17, 15) is 0 Å². The summed E-state index contributed by atoms with van der Waals surface area (Å²) in [5.74, 6) is 0.810. The molecule has 0 aromatic carbocycles. The lowest BCUT2D eigenvalue weighted by atomic mass is 10.1. The van der Waals surface area contributed by atoms with E-state index in [-0.39, 0.29) is 6.10 Å². The van der Waals surface area contributed by atoms with Crippen molar-refractivity contribution in [2.24, 2.45) is 5.92 Å². The molecular formula is C13H29NO2. The van der Waals surface area contributed by atoms with E-state index in [2.05, 4.69) is 26.1 Å². The maximum Gasteiger partial charge on any atom is 0.0781 e. The van der Waals surface area contributed by atoms with Gasteiger partial charge in [-0.2, -0.15) is 0 Å². The van der Waals surface area contributed by atoms with E-state index < -0.39 is 0 Å². The van der Waals surface area contributed by atoms with Gasteiger partial charge in [0.05, 0.1) is 19.3 Å². The third-order valence-electron chi connectivity index (χ3n) is 2.37. The number of rotatable bonds is 11. The van der Waals surface area contributed by atoms with Gasteiger partial charge in [0.25, 0.3) is 0 Å². The average molecular weight is 231 g/mol. The molecule has 0 saturated heterocycles. The molecule has 0 amide bonds. The third-order valence-corrected chi connectivity index (χ3v) is 2.37. The molecule has 0 aliphatic rings. The molecule has 3 nitrogen and oxygen atoms in total. The minimum absolute atomic E-state index is 0.206. The summed E-state index contributed by atoms with van der Waals surface area (Å²) in [4.78, 5) is 0. The second kappa shape index (κ2) is 11.4. The Morgan fingerprint density at radius 3 is 2.50 bits per heavy atom. The number of hydrogen-bond acceptors (Lipinski definition) is 3. The van der Waals surface area contributed by atoms with Gasteiger partial charge in [-0.1, -0.05) is 13.8 Å². The summed E-state index contributed by atoms with van der Waals surface area (Å²) in [6.07, 6.45) is 2.76. The van der Waals surface area contributed by atoms with Gasteiger partial charge < -0.3 is 14.8 Å². The molecular weight excluding hydrogens is 202 g/mol. The van der Waals surface area contributed by atoms with Crippen LogP contribution in [0.25, 0.3) is 0 Å². The predicted molar refractivity (Wildman–Crippen MR) is 68.8 cm³/mol. The molecule has 0 aliphatic carbocycles. The van der Waals surface area contributed by atoms with Gasteiger partial charge >= 0.3 is 0 Å². The maximum absolute atomic E-state index is 5.58. The monoisotopic (exact) mass is 231 g/mol. The molecule has 0 spiro atoms. The Labute approximate surface area is 101 Å². The van der Waals surface area contributed by atoms with Crippen molar-refractivity contribution in [3.8, 4) is 0 Å². The van der Waals surface area contributed by atoms with Crippen LogP contribution in [0.5, 0.6) is 0 Å². The lowest BCUT2D eigenvalue weighted by Gasteiger charge is -2.13. The second-order valence-electron chi connectivity index (χ2n) is 4.63. The first-order valence-corrected chi connectivity index (χ1v) is 6.56. The largest absolute Gasteiger partial charge is 0.379 e. The van der Waals surface area contributed by atoms with Crippen LogP contribution in [0, 0.1) is 5.92 Å². The van der Waals surface area contributed by atoms with Gasteiger partial charge in [0, 0.05) is 13.2 Å². The van der Waals surface area contributed by atoms with Gasteiger partial charge in [0.1, 0.15) is 0 Å². The first-order chi connectivity index (χ1) is 7.66. The zero-order valence-electron chi connectivity index (χ0n) is 11.4. The molecule has 0 aliphatic heterocycles. The van der Waals surface area contributed by atoms with Crippen LogP contribution in [0.4, 0.5) is 0 Å². The van der Waals surface area contributed by atoms with Crippen LogP contribution in [0.1, 0.15) is 40.5 Å². The minimum Gasteiger partial charge on any atom is -0.379 e. The standard InChI is InChI=1S/C13H29NO2/c1-5-15-11-13(4)16-10-9-14-8-6-7-12(2)3/h12-14H,5-11H2,1-4H3. The summed E-state index contributed by atoms with van der Waals surface area (Å²) < 4.78 is 10.9. The van der Waals surface area contributed by atoms with Crippen LogP contribution in [0.15, 0.2) is 0 Å². The Morgan fingerprint density at radius 2 is 1.88 bits per heavy atom. The lowest BCUT2D eigenvalue weighted by Crippen LogP contribution is -2.25. The number of hydrogen-bond donors (Lipinski definition) is 1. The highest BCUT2D eigenvalue weighted by molar-refractivity contribution is 4.52. The van der Waals surface area contributed by atoms with E-state index in [1.807, 2.05) is 6.92 Å². The minimum atomic E-state index is 0.206. The van der Waals surface area contributed by atoms with E-state index in [4.69, 9.17) is 9.47 Å². The van der Waals surface area contributed by atoms with Crippen LogP contribution in [-0.2, 0) is 9.47 Å². The Balaban J connectivity index is 3.08. The van der Waals surface area contributed by atoms with Gasteiger partial charge in [-0.15, -0.1) is 0 Å². The molecule has 0 aromatic rings. The van der Waals surface area contributed by atoms with Crippen molar-refractivity contribution in [2.45, 2.75) is 46.6 Å². The fourth-order valence-electron chi connectivity index (χ4n) is 1.42. The predicted octanol–water partition coefficient (Wildman–Crippen LogP) is 2.45. The second-order valence-corrected chi connectivity index (χ2v) is 4.63. The van der Waals surface area contributed by atoms with Crippen LogP contribution in [-0.4, -0.2) is 39.0 Å². The normalized spacial score (nSPS) is 13.3. The van der Waals surface area contributed by atoms with Crippen molar-refractivity contribution in [1.29, 1.82) is 0 Å². The molecule has 0 fully saturated rings. The van der Waals surface area contributed by atoms with Crippen molar-refractivity contribution in [3.63, 3.8) is 0 Å². The van der Waals surface area contributed by atoms with Crippen LogP contribution in [0.3, 0.4) is 0 Å². The smallest absolute Gasteiger partial charge is 0.0781 e. The molecule has 98 valence electrons. The van der Waals surface area contributed by atoms with Crippen molar-refractivity contribution in [2.75, 3.05) is 32.9 Å². The van der Waals surface area contributed by atoms with E-state index in [0.717, 1.165) is 32.2 Å². The Hall–Kier alpha value is -0.120. The topological polar surface area (TPSA) is 30.5 Å². The van der Waals surface area contributed by atoms with Crippen molar-refractivity contribution in [3.05, 3.63) is 0 Å². The molecule has 0 radical (unpaired) electrons. The highest BCUT2D eigenvalue weighted by Gasteiger charge is 2.00. The van der Waals surface area contributed by atoms with Crippen LogP contribution in [0.2, 0.25) is 0 Å². The third kappa shape index (κ3) is 12.0. The molecule has 0 saturated carbocycles. The van der Waals surface area contributed by atoms with Crippen LogP contribution >= 0.6 is 0 Å². The Bertz CT molecular complexity index is 140. The van der Waals surface area contributed by atoms with Gasteiger partial charge in [-0.05, 0) is 39.2 Å². The molecule has 3 heteroatoms. The van der Waals surface area contributed by atoms with Crippen LogP contribution < -0.4 is 5.32 Å². The summed E-state index contributed by atoms with van der Waals surface area (Å²) in [6, 6.07) is 0. The molecule has 16 heavy (non-hydrogen) atoms. The quantitative estimate of drug-likeness (QED) is 0.554. The fraction of sp³-hybridized carbons (Fsp3) is 1.00. The average Bonchev–Trinajstić information content (AvgIpc) is 2.24. The number of ether oxygens (including phenoxy) is 2. The zero-order valence-corrected chi connectivity index (χ0v) is 11.4. The SMILES string of the molecule is CCOCC(C)OCCNCCCC(C)C. The number of nitrogens with one attached hydrogen (secondary N) is 1. The van der Waals surface area contributed by atoms with E-state index >= 15 is 0 Å². The molecule has 0 bridgehead atoms. The molecule has 0 aromatic heterocycles. The van der Waals surface area contributed by atoms with E-state index in [0.29, 0.717) is 6.61 Å².